The molecule has 0 spiro atoms. The summed E-state index contributed by atoms with van der Waals surface area (Å²) in [7, 11) is 1.83. The second kappa shape index (κ2) is 7.79. The molecule has 2 N–H and O–H groups in total. The zero-order valence-corrected chi connectivity index (χ0v) is 13.1. The molecule has 0 aliphatic carbocycles. The molecule has 1 atom stereocenters. The highest BCUT2D eigenvalue weighted by Crippen LogP contribution is 2.32. The topological polar surface area (TPSA) is 70.7 Å². The number of carbonyl (C=O) groups excluding carboxylic acids is 2. The first-order valence-electron chi connectivity index (χ1n) is 7.61. The molecular formula is C16H23N3O3. The fourth-order valence-corrected chi connectivity index (χ4v) is 2.53. The van der Waals surface area contributed by atoms with Crippen molar-refractivity contribution in [3.63, 3.8) is 0 Å². The molecule has 1 heterocycles. The summed E-state index contributed by atoms with van der Waals surface area (Å²) in [5.41, 5.74) is 0.736. The first-order chi connectivity index (χ1) is 10.7. The fraction of sp³-hybridized carbons (Fsp3) is 0.500. The van der Waals surface area contributed by atoms with E-state index < -0.39 is 0 Å². The van der Waals surface area contributed by atoms with Crippen molar-refractivity contribution in [3.05, 3.63) is 24.3 Å². The van der Waals surface area contributed by atoms with Gasteiger partial charge in [-0.3, -0.25) is 9.59 Å². The van der Waals surface area contributed by atoms with Crippen molar-refractivity contribution in [2.24, 2.45) is 5.92 Å². The molecule has 2 rings (SSSR count). The SMILES string of the molecule is CCOc1ccccc1N1CC(C(=O)NCCNC)CC1=O. The molecule has 6 nitrogen and oxygen atoms in total. The number of ether oxygens (including phenoxy) is 1. The van der Waals surface area contributed by atoms with Crippen LogP contribution in [0.4, 0.5) is 5.69 Å². The van der Waals surface area contributed by atoms with Gasteiger partial charge < -0.3 is 20.3 Å². The lowest BCUT2D eigenvalue weighted by Gasteiger charge is -2.20. The second-order valence-corrected chi connectivity index (χ2v) is 5.20. The van der Waals surface area contributed by atoms with Gasteiger partial charge in [0.15, 0.2) is 0 Å². The van der Waals surface area contributed by atoms with Crippen molar-refractivity contribution in [1.82, 2.24) is 10.6 Å². The molecule has 1 aromatic rings. The van der Waals surface area contributed by atoms with Gasteiger partial charge >= 0.3 is 0 Å². The summed E-state index contributed by atoms with van der Waals surface area (Å²) in [5, 5.41) is 5.82. The number of nitrogens with one attached hydrogen (secondary N) is 2. The maximum absolute atomic E-state index is 12.3. The Bertz CT molecular complexity index is 533. The molecule has 1 aliphatic rings. The first-order valence-corrected chi connectivity index (χ1v) is 7.61. The van der Waals surface area contributed by atoms with Crippen LogP contribution in [-0.4, -0.2) is 45.1 Å². The lowest BCUT2D eigenvalue weighted by molar-refractivity contribution is -0.126. The minimum atomic E-state index is -0.306. The van der Waals surface area contributed by atoms with E-state index >= 15 is 0 Å². The highest BCUT2D eigenvalue weighted by molar-refractivity contribution is 6.01. The Morgan fingerprint density at radius 1 is 1.36 bits per heavy atom. The number of hydrogen-bond acceptors (Lipinski definition) is 4. The van der Waals surface area contributed by atoms with Gasteiger partial charge in [0.25, 0.3) is 0 Å². The first kappa shape index (κ1) is 16.3. The predicted molar refractivity (Wildman–Crippen MR) is 85.0 cm³/mol. The number of hydrogen-bond donors (Lipinski definition) is 2. The molecular weight excluding hydrogens is 282 g/mol. The number of likely N-dealkylation sites (N-methyl/N-ethyl adjacent to an activating group) is 1. The average molecular weight is 305 g/mol. The molecule has 1 fully saturated rings. The molecule has 0 bridgehead atoms. The van der Waals surface area contributed by atoms with Crippen molar-refractivity contribution < 1.29 is 14.3 Å². The molecule has 1 aromatic carbocycles. The van der Waals surface area contributed by atoms with Crippen LogP contribution < -0.4 is 20.3 Å². The minimum Gasteiger partial charge on any atom is -0.492 e. The summed E-state index contributed by atoms with van der Waals surface area (Å²) in [6, 6.07) is 7.43. The second-order valence-electron chi connectivity index (χ2n) is 5.20. The van der Waals surface area contributed by atoms with Gasteiger partial charge in [-0.15, -0.1) is 0 Å². The third kappa shape index (κ3) is 3.76. The Labute approximate surface area is 130 Å². The highest BCUT2D eigenvalue weighted by Gasteiger charge is 2.36. The number of nitrogens with zero attached hydrogens (tertiary/aromatic N) is 1. The largest absolute Gasteiger partial charge is 0.492 e. The predicted octanol–water partition coefficient (Wildman–Crippen LogP) is 0.774. The Kier molecular flexibility index (Phi) is 5.77. The third-order valence-electron chi connectivity index (χ3n) is 3.63. The van der Waals surface area contributed by atoms with Crippen LogP contribution in [0, 0.1) is 5.92 Å². The summed E-state index contributed by atoms with van der Waals surface area (Å²) in [6.45, 7) is 4.11. The van der Waals surface area contributed by atoms with Gasteiger partial charge in [-0.25, -0.2) is 0 Å². The number of anilines is 1. The maximum Gasteiger partial charge on any atom is 0.227 e. The van der Waals surface area contributed by atoms with E-state index in [1.165, 1.54) is 0 Å². The Morgan fingerprint density at radius 2 is 2.14 bits per heavy atom. The van der Waals surface area contributed by atoms with Crippen molar-refractivity contribution in [2.45, 2.75) is 13.3 Å². The van der Waals surface area contributed by atoms with Crippen LogP contribution in [0.3, 0.4) is 0 Å². The van der Waals surface area contributed by atoms with Crippen LogP contribution in [-0.2, 0) is 9.59 Å². The molecule has 1 aliphatic heterocycles. The van der Waals surface area contributed by atoms with Crippen LogP contribution in [0.15, 0.2) is 24.3 Å². The van der Waals surface area contributed by atoms with E-state index in [2.05, 4.69) is 10.6 Å². The van der Waals surface area contributed by atoms with Gasteiger partial charge in [0, 0.05) is 26.1 Å². The molecule has 1 unspecified atom stereocenters. The van der Waals surface area contributed by atoms with E-state index in [9.17, 15) is 9.59 Å². The third-order valence-corrected chi connectivity index (χ3v) is 3.63. The molecule has 0 aromatic heterocycles. The monoisotopic (exact) mass is 305 g/mol. The summed E-state index contributed by atoms with van der Waals surface area (Å²) >= 11 is 0. The lowest BCUT2D eigenvalue weighted by atomic mass is 10.1. The smallest absolute Gasteiger partial charge is 0.227 e. The van der Waals surface area contributed by atoms with E-state index in [0.29, 0.717) is 32.0 Å². The lowest BCUT2D eigenvalue weighted by Crippen LogP contribution is -2.36. The molecule has 0 radical (unpaired) electrons. The zero-order chi connectivity index (χ0) is 15.9. The van der Waals surface area contributed by atoms with E-state index in [-0.39, 0.29) is 24.2 Å². The Morgan fingerprint density at radius 3 is 2.86 bits per heavy atom. The van der Waals surface area contributed by atoms with E-state index in [1.807, 2.05) is 38.2 Å². The van der Waals surface area contributed by atoms with Gasteiger partial charge in [0.05, 0.1) is 18.2 Å². The van der Waals surface area contributed by atoms with Crippen LogP contribution in [0.1, 0.15) is 13.3 Å². The summed E-state index contributed by atoms with van der Waals surface area (Å²) < 4.78 is 5.57. The number of rotatable bonds is 7. The van der Waals surface area contributed by atoms with Crippen molar-refractivity contribution in [3.8, 4) is 5.75 Å². The van der Waals surface area contributed by atoms with Crippen LogP contribution in [0.5, 0.6) is 5.75 Å². The zero-order valence-electron chi connectivity index (χ0n) is 13.1. The molecule has 22 heavy (non-hydrogen) atoms. The summed E-state index contributed by atoms with van der Waals surface area (Å²) in [6.07, 6.45) is 0.242. The molecule has 0 saturated carbocycles. The van der Waals surface area contributed by atoms with Crippen LogP contribution in [0.2, 0.25) is 0 Å². The van der Waals surface area contributed by atoms with Gasteiger partial charge in [-0.05, 0) is 26.1 Å². The van der Waals surface area contributed by atoms with E-state index in [4.69, 9.17) is 4.74 Å². The average Bonchev–Trinajstić information content (AvgIpc) is 2.90. The highest BCUT2D eigenvalue weighted by atomic mass is 16.5. The molecule has 6 heteroatoms. The standard InChI is InChI=1S/C16H23N3O3/c1-3-22-14-7-5-4-6-13(14)19-11-12(10-15(19)20)16(21)18-9-8-17-2/h4-7,12,17H,3,8-11H2,1-2H3,(H,18,21). The van der Waals surface area contributed by atoms with Gasteiger partial charge in [-0.1, -0.05) is 12.1 Å². The summed E-state index contributed by atoms with van der Waals surface area (Å²) in [4.78, 5) is 26.0. The van der Waals surface area contributed by atoms with E-state index in [0.717, 1.165) is 5.69 Å². The fourth-order valence-electron chi connectivity index (χ4n) is 2.53. The number of amides is 2. The molecule has 2 amide bonds. The minimum absolute atomic E-state index is 0.0408. The summed E-state index contributed by atoms with van der Waals surface area (Å²) in [5.74, 6) is 0.259. The van der Waals surface area contributed by atoms with E-state index in [1.54, 1.807) is 4.90 Å². The van der Waals surface area contributed by atoms with Gasteiger partial charge in [-0.2, -0.15) is 0 Å². The van der Waals surface area contributed by atoms with Crippen molar-refractivity contribution >= 4 is 17.5 Å². The van der Waals surface area contributed by atoms with Gasteiger partial charge in [0.1, 0.15) is 5.75 Å². The number of benzene rings is 1. The maximum atomic E-state index is 12.3. The van der Waals surface area contributed by atoms with Crippen molar-refractivity contribution in [2.75, 3.05) is 38.2 Å². The molecule has 1 saturated heterocycles. The van der Waals surface area contributed by atoms with Crippen molar-refractivity contribution in [1.29, 1.82) is 0 Å². The van der Waals surface area contributed by atoms with Crippen LogP contribution in [0.25, 0.3) is 0 Å². The van der Waals surface area contributed by atoms with Crippen LogP contribution >= 0.6 is 0 Å². The molecule has 120 valence electrons. The Balaban J connectivity index is 2.05. The normalized spacial score (nSPS) is 17.6. The number of para-hydroxylation sites is 2. The quantitative estimate of drug-likeness (QED) is 0.730. The number of carbonyl (C=O) groups is 2. The van der Waals surface area contributed by atoms with Gasteiger partial charge in [0.2, 0.25) is 11.8 Å². The Hall–Kier alpha value is -2.08.